The molecule has 2 aliphatic carbocycles. The van der Waals surface area contributed by atoms with Crippen molar-refractivity contribution in [1.29, 1.82) is 0 Å². The number of fused-ring (bicyclic) bond motifs is 1. The van der Waals surface area contributed by atoms with Gasteiger partial charge >= 0.3 is 0 Å². The summed E-state index contributed by atoms with van der Waals surface area (Å²) >= 11 is 0. The lowest BCUT2D eigenvalue weighted by atomic mass is 9.71. The maximum absolute atomic E-state index is 10.5. The van der Waals surface area contributed by atoms with Crippen LogP contribution in [0.15, 0.2) is 10.4 Å². The van der Waals surface area contributed by atoms with Gasteiger partial charge in [-0.05, 0) is 36.5 Å². The van der Waals surface area contributed by atoms with Gasteiger partial charge in [-0.2, -0.15) is 9.81 Å². The summed E-state index contributed by atoms with van der Waals surface area (Å²) < 4.78 is 0. The van der Waals surface area contributed by atoms with Gasteiger partial charge in [0, 0.05) is 0 Å². The predicted octanol–water partition coefficient (Wildman–Crippen LogP) is 2.86. The van der Waals surface area contributed by atoms with Crippen LogP contribution >= 0.6 is 0 Å². The monoisotopic (exact) mass is 196 g/mol. The molecule has 0 radical (unpaired) electrons. The summed E-state index contributed by atoms with van der Waals surface area (Å²) in [7, 11) is 0. The fourth-order valence-electron chi connectivity index (χ4n) is 3.53. The average Bonchev–Trinajstić information content (AvgIpc) is 2.50. The minimum Gasteiger partial charge on any atom is -0.151 e. The molecule has 4 heteroatoms. The van der Waals surface area contributed by atoms with Gasteiger partial charge in [0.25, 0.3) is 0 Å². The van der Waals surface area contributed by atoms with Crippen LogP contribution in [0.2, 0.25) is 0 Å². The van der Waals surface area contributed by atoms with Crippen molar-refractivity contribution in [3.8, 4) is 0 Å². The number of nitroso groups, excluding NO2 is 2. The molecule has 2 saturated carbocycles. The molecule has 0 saturated heterocycles. The van der Waals surface area contributed by atoms with Crippen LogP contribution in [0.1, 0.15) is 39.5 Å². The number of hydrogen-bond donors (Lipinski definition) is 0. The molecule has 78 valence electrons. The molecule has 0 unspecified atom stereocenters. The molecule has 0 atom stereocenters. The summed E-state index contributed by atoms with van der Waals surface area (Å²) in [4.78, 5) is 21.1. The fourth-order valence-corrected chi connectivity index (χ4v) is 3.53. The van der Waals surface area contributed by atoms with Crippen LogP contribution in [-0.4, -0.2) is 12.1 Å². The maximum Gasteiger partial charge on any atom is 0.0930 e. The molecular formula is C10H16N2O2. The number of nitrogens with zero attached hydrogens (tertiary/aromatic N) is 2. The number of rotatable bonds is 2. The second-order valence-electron chi connectivity index (χ2n) is 5.46. The summed E-state index contributed by atoms with van der Waals surface area (Å²) in [6.45, 7) is 4.34. The maximum atomic E-state index is 10.5. The molecule has 0 aromatic rings. The Hall–Kier alpha value is -0.800. The third-order valence-electron chi connectivity index (χ3n) is 4.50. The van der Waals surface area contributed by atoms with Crippen molar-refractivity contribution in [1.82, 2.24) is 0 Å². The van der Waals surface area contributed by atoms with Crippen LogP contribution in [-0.2, 0) is 0 Å². The Morgan fingerprint density at radius 2 is 1.14 bits per heavy atom. The van der Waals surface area contributed by atoms with E-state index in [4.69, 9.17) is 0 Å². The van der Waals surface area contributed by atoms with E-state index in [0.29, 0.717) is 0 Å². The van der Waals surface area contributed by atoms with E-state index in [-0.39, 0.29) is 22.9 Å². The molecule has 0 aromatic heterocycles. The van der Waals surface area contributed by atoms with Gasteiger partial charge < -0.3 is 0 Å². The summed E-state index contributed by atoms with van der Waals surface area (Å²) in [6.07, 6.45) is 3.33. The van der Waals surface area contributed by atoms with Crippen LogP contribution in [0.3, 0.4) is 0 Å². The summed E-state index contributed by atoms with van der Waals surface area (Å²) in [5.74, 6) is 0. The summed E-state index contributed by atoms with van der Waals surface area (Å²) in [5, 5.41) is 6.31. The lowest BCUT2D eigenvalue weighted by Gasteiger charge is -2.33. The fraction of sp³-hybridized carbons (Fsp3) is 1.00. The van der Waals surface area contributed by atoms with Crippen LogP contribution in [0.4, 0.5) is 0 Å². The van der Waals surface area contributed by atoms with Gasteiger partial charge in [-0.1, -0.05) is 24.2 Å². The molecular weight excluding hydrogens is 180 g/mol. The largest absolute Gasteiger partial charge is 0.151 e. The average molecular weight is 196 g/mol. The van der Waals surface area contributed by atoms with Crippen molar-refractivity contribution in [2.75, 3.05) is 0 Å². The molecule has 2 aliphatic rings. The zero-order chi connectivity index (χ0) is 10.4. The Balaban J connectivity index is 2.23. The molecule has 0 N–H and O–H groups in total. The highest BCUT2D eigenvalue weighted by Gasteiger charge is 2.59. The normalized spacial score (nSPS) is 51.6. The van der Waals surface area contributed by atoms with Gasteiger partial charge in [0.1, 0.15) is 0 Å². The molecule has 0 bridgehead atoms. The standard InChI is InChI=1S/C10H16N2O2/c1-9-3-7(11-13)5-10(9,2)6-8(4-9)12-14/h7-8H,3-6H2,1-2H3. The van der Waals surface area contributed by atoms with Crippen molar-refractivity contribution in [2.24, 2.45) is 21.2 Å². The van der Waals surface area contributed by atoms with Crippen molar-refractivity contribution >= 4 is 0 Å². The van der Waals surface area contributed by atoms with Crippen molar-refractivity contribution < 1.29 is 0 Å². The molecule has 0 aliphatic heterocycles. The van der Waals surface area contributed by atoms with Crippen LogP contribution in [0, 0.1) is 20.6 Å². The lowest BCUT2D eigenvalue weighted by Crippen LogP contribution is -2.25. The zero-order valence-electron chi connectivity index (χ0n) is 8.69. The van der Waals surface area contributed by atoms with E-state index in [0.717, 1.165) is 25.7 Å². The van der Waals surface area contributed by atoms with Gasteiger partial charge in [0.15, 0.2) is 0 Å². The highest BCUT2D eigenvalue weighted by atomic mass is 16.3. The highest BCUT2D eigenvalue weighted by Crippen LogP contribution is 2.63. The molecule has 0 heterocycles. The van der Waals surface area contributed by atoms with Crippen LogP contribution in [0.5, 0.6) is 0 Å². The van der Waals surface area contributed by atoms with Gasteiger partial charge in [-0.15, -0.1) is 0 Å². The van der Waals surface area contributed by atoms with Crippen molar-refractivity contribution in [3.63, 3.8) is 0 Å². The van der Waals surface area contributed by atoms with E-state index in [2.05, 4.69) is 24.2 Å². The minimum absolute atomic E-state index is 0.0439. The molecule has 14 heavy (non-hydrogen) atoms. The first-order valence-electron chi connectivity index (χ1n) is 5.18. The Labute approximate surface area is 83.4 Å². The van der Waals surface area contributed by atoms with E-state index in [1.807, 2.05) is 0 Å². The highest BCUT2D eigenvalue weighted by molar-refractivity contribution is 5.10. The number of hydrogen-bond acceptors (Lipinski definition) is 4. The SMILES string of the molecule is CC12CC(N=O)CC1(C)CC(N=O)C2. The minimum atomic E-state index is -0.0439. The lowest BCUT2D eigenvalue weighted by molar-refractivity contribution is 0.157. The van der Waals surface area contributed by atoms with Gasteiger partial charge in [-0.25, -0.2) is 0 Å². The first kappa shape index (κ1) is 9.74. The summed E-state index contributed by atoms with van der Waals surface area (Å²) in [5.41, 5.74) is 0.203. The molecule has 4 nitrogen and oxygen atoms in total. The Morgan fingerprint density at radius 1 is 0.857 bits per heavy atom. The predicted molar refractivity (Wildman–Crippen MR) is 53.8 cm³/mol. The summed E-state index contributed by atoms with van der Waals surface area (Å²) in [6, 6.07) is -0.0878. The topological polar surface area (TPSA) is 58.9 Å². The second kappa shape index (κ2) is 2.84. The molecule has 2 rings (SSSR count). The van der Waals surface area contributed by atoms with E-state index in [9.17, 15) is 9.81 Å². The first-order valence-corrected chi connectivity index (χ1v) is 5.18. The van der Waals surface area contributed by atoms with Gasteiger partial charge in [0.05, 0.1) is 12.1 Å². The Bertz CT molecular complexity index is 237. The molecule has 0 aromatic carbocycles. The first-order chi connectivity index (χ1) is 6.53. The quantitative estimate of drug-likeness (QED) is 0.637. The molecule has 2 fully saturated rings. The van der Waals surface area contributed by atoms with Crippen LogP contribution < -0.4 is 0 Å². The molecule has 0 amide bonds. The van der Waals surface area contributed by atoms with Crippen molar-refractivity contribution in [3.05, 3.63) is 9.81 Å². The van der Waals surface area contributed by atoms with E-state index < -0.39 is 0 Å². The van der Waals surface area contributed by atoms with Gasteiger partial charge in [0.2, 0.25) is 0 Å². The van der Waals surface area contributed by atoms with E-state index in [1.54, 1.807) is 0 Å². The third kappa shape index (κ3) is 1.12. The van der Waals surface area contributed by atoms with E-state index in [1.165, 1.54) is 0 Å². The third-order valence-corrected chi connectivity index (χ3v) is 4.50. The zero-order valence-corrected chi connectivity index (χ0v) is 8.69. The van der Waals surface area contributed by atoms with Gasteiger partial charge in [-0.3, -0.25) is 0 Å². The van der Waals surface area contributed by atoms with Crippen molar-refractivity contribution in [2.45, 2.75) is 51.6 Å². The smallest absolute Gasteiger partial charge is 0.0930 e. The Kier molecular flexibility index (Phi) is 1.98. The second-order valence-corrected chi connectivity index (χ2v) is 5.46. The molecule has 0 spiro atoms. The van der Waals surface area contributed by atoms with E-state index >= 15 is 0 Å². The van der Waals surface area contributed by atoms with Crippen LogP contribution in [0.25, 0.3) is 0 Å². The Morgan fingerprint density at radius 3 is 1.36 bits per heavy atom.